The third kappa shape index (κ3) is 5.13. The average molecular weight is 258 g/mol. The molecule has 0 aliphatic carbocycles. The van der Waals surface area contributed by atoms with Gasteiger partial charge in [-0.1, -0.05) is 25.4 Å². The van der Waals surface area contributed by atoms with E-state index in [1.807, 2.05) is 11.9 Å². The Labute approximate surface area is 106 Å². The van der Waals surface area contributed by atoms with Crippen molar-refractivity contribution < 1.29 is 4.39 Å². The van der Waals surface area contributed by atoms with E-state index in [-0.39, 0.29) is 5.02 Å². The van der Waals surface area contributed by atoms with Crippen LogP contribution >= 0.6 is 11.6 Å². The highest BCUT2D eigenvalue weighted by molar-refractivity contribution is 6.30. The van der Waals surface area contributed by atoms with Gasteiger partial charge in [-0.15, -0.1) is 0 Å². The summed E-state index contributed by atoms with van der Waals surface area (Å²) >= 11 is 5.65. The largest absolute Gasteiger partial charge is 0.366 e. The molecule has 0 aromatic carbocycles. The molecule has 0 fully saturated rings. The molecule has 0 aliphatic rings. The first-order chi connectivity index (χ1) is 7.99. The first-order valence-electron chi connectivity index (χ1n) is 5.49. The summed E-state index contributed by atoms with van der Waals surface area (Å²) in [4.78, 5) is 10.1. The number of halogens is 2. The molecule has 0 atom stereocenters. The lowest BCUT2D eigenvalue weighted by atomic mass is 10.2. The minimum absolute atomic E-state index is 0.0840. The smallest absolute Gasteiger partial charge is 0.160 e. The molecule has 1 rings (SSSR count). The van der Waals surface area contributed by atoms with Gasteiger partial charge in [-0.2, -0.15) is 0 Å². The normalized spacial score (nSPS) is 11.4. The summed E-state index contributed by atoms with van der Waals surface area (Å²) in [5.74, 6) is 0.0844. The third-order valence-electron chi connectivity index (χ3n) is 2.05. The maximum Gasteiger partial charge on any atom is 0.160 e. The van der Waals surface area contributed by atoms with Crippen molar-refractivity contribution in [1.29, 1.82) is 0 Å². The summed E-state index contributed by atoms with van der Waals surface area (Å²) in [5, 5.41) is 0.0840. The summed E-state index contributed by atoms with van der Waals surface area (Å²) in [6, 6.07) is 1.50. The molecule has 0 aliphatic heterocycles. The van der Waals surface area contributed by atoms with E-state index >= 15 is 0 Å². The van der Waals surface area contributed by atoms with Crippen molar-refractivity contribution in [3.8, 4) is 0 Å². The van der Waals surface area contributed by atoms with Crippen LogP contribution in [0.3, 0.4) is 0 Å². The lowest BCUT2D eigenvalue weighted by Gasteiger charge is -2.15. The van der Waals surface area contributed by atoms with Gasteiger partial charge in [0.05, 0.1) is 29.8 Å². The Morgan fingerprint density at radius 3 is 2.88 bits per heavy atom. The molecule has 17 heavy (non-hydrogen) atoms. The van der Waals surface area contributed by atoms with Gasteiger partial charge in [0.2, 0.25) is 0 Å². The number of pyridine rings is 1. The second kappa shape index (κ2) is 6.55. The lowest BCUT2D eigenvalue weighted by Crippen LogP contribution is -2.21. The second-order valence-electron chi connectivity index (χ2n) is 4.38. The molecule has 0 spiro atoms. The van der Waals surface area contributed by atoms with E-state index in [2.05, 4.69) is 23.8 Å². The van der Waals surface area contributed by atoms with Crippen LogP contribution in [-0.4, -0.2) is 29.8 Å². The zero-order valence-corrected chi connectivity index (χ0v) is 11.1. The van der Waals surface area contributed by atoms with Gasteiger partial charge in [-0.05, 0) is 12.0 Å². The van der Waals surface area contributed by atoms with Crippen molar-refractivity contribution in [1.82, 2.24) is 9.88 Å². The van der Waals surface area contributed by atoms with E-state index in [9.17, 15) is 4.39 Å². The zero-order chi connectivity index (χ0) is 12.8. The molecular weight excluding hydrogens is 241 g/mol. The van der Waals surface area contributed by atoms with Gasteiger partial charge in [0, 0.05) is 13.6 Å². The summed E-state index contributed by atoms with van der Waals surface area (Å²) < 4.78 is 12.9. The zero-order valence-electron chi connectivity index (χ0n) is 10.3. The van der Waals surface area contributed by atoms with E-state index in [1.165, 1.54) is 6.07 Å². The van der Waals surface area contributed by atoms with E-state index in [1.54, 1.807) is 6.34 Å². The SMILES string of the molecule is CC(C)CN(C)C=NCc1cc(Cl)c(F)cn1. The number of hydrogen-bond acceptors (Lipinski definition) is 2. The van der Waals surface area contributed by atoms with Crippen LogP contribution in [0, 0.1) is 11.7 Å². The van der Waals surface area contributed by atoms with Crippen LogP contribution in [0.1, 0.15) is 19.5 Å². The van der Waals surface area contributed by atoms with E-state index in [4.69, 9.17) is 11.6 Å². The van der Waals surface area contributed by atoms with Crippen LogP contribution in [0.25, 0.3) is 0 Å². The molecule has 94 valence electrons. The highest BCUT2D eigenvalue weighted by Gasteiger charge is 2.01. The standard InChI is InChI=1S/C12H17ClFN3/c1-9(2)7-17(3)8-15-5-10-4-11(13)12(14)6-16-10/h4,6,8-9H,5,7H2,1-3H3. The molecule has 0 unspecified atom stereocenters. The van der Waals surface area contributed by atoms with Crippen LogP contribution in [0.15, 0.2) is 17.3 Å². The van der Waals surface area contributed by atoms with Crippen LogP contribution in [0.2, 0.25) is 5.02 Å². The van der Waals surface area contributed by atoms with Crippen molar-refractivity contribution >= 4 is 17.9 Å². The minimum atomic E-state index is -0.503. The summed E-state index contributed by atoms with van der Waals surface area (Å²) in [7, 11) is 1.97. The minimum Gasteiger partial charge on any atom is -0.366 e. The molecule has 0 radical (unpaired) electrons. The highest BCUT2D eigenvalue weighted by atomic mass is 35.5. The predicted octanol–water partition coefficient (Wildman–Crippen LogP) is 2.99. The summed E-state index contributed by atoms with van der Waals surface area (Å²) in [6.45, 7) is 5.64. The van der Waals surface area contributed by atoms with Gasteiger partial charge in [-0.3, -0.25) is 9.98 Å². The fourth-order valence-corrected chi connectivity index (χ4v) is 1.61. The van der Waals surface area contributed by atoms with Gasteiger partial charge < -0.3 is 4.90 Å². The van der Waals surface area contributed by atoms with Crippen LogP contribution in [-0.2, 0) is 6.54 Å². The topological polar surface area (TPSA) is 28.5 Å². The monoisotopic (exact) mass is 257 g/mol. The van der Waals surface area contributed by atoms with Crippen molar-refractivity contribution in [3.05, 3.63) is 28.8 Å². The number of rotatable bonds is 5. The Balaban J connectivity index is 2.49. The maximum absolute atomic E-state index is 12.9. The molecule has 0 N–H and O–H groups in total. The fourth-order valence-electron chi connectivity index (χ4n) is 1.44. The number of nitrogens with zero attached hydrogens (tertiary/aromatic N) is 3. The molecule has 3 nitrogen and oxygen atoms in total. The molecular formula is C12H17ClFN3. The third-order valence-corrected chi connectivity index (χ3v) is 2.34. The van der Waals surface area contributed by atoms with E-state index in [0.29, 0.717) is 18.2 Å². The quantitative estimate of drug-likeness (QED) is 0.599. The van der Waals surface area contributed by atoms with Gasteiger partial charge in [0.1, 0.15) is 0 Å². The predicted molar refractivity (Wildman–Crippen MR) is 68.9 cm³/mol. The van der Waals surface area contributed by atoms with Gasteiger partial charge >= 0.3 is 0 Å². The van der Waals surface area contributed by atoms with E-state index in [0.717, 1.165) is 12.7 Å². The molecule has 0 amide bonds. The number of hydrogen-bond donors (Lipinski definition) is 0. The van der Waals surface area contributed by atoms with Crippen molar-refractivity contribution in [2.24, 2.45) is 10.9 Å². The number of aliphatic imine (C=N–C) groups is 1. The van der Waals surface area contributed by atoms with Gasteiger partial charge in [0.15, 0.2) is 5.82 Å². The van der Waals surface area contributed by atoms with Crippen LogP contribution in [0.4, 0.5) is 4.39 Å². The van der Waals surface area contributed by atoms with Crippen LogP contribution in [0.5, 0.6) is 0 Å². The van der Waals surface area contributed by atoms with Crippen molar-refractivity contribution in [3.63, 3.8) is 0 Å². The molecule has 0 saturated heterocycles. The molecule has 1 aromatic rings. The Kier molecular flexibility index (Phi) is 5.35. The molecule has 5 heteroatoms. The average Bonchev–Trinajstić information content (AvgIpc) is 2.22. The second-order valence-corrected chi connectivity index (χ2v) is 4.79. The van der Waals surface area contributed by atoms with E-state index < -0.39 is 5.82 Å². The lowest BCUT2D eigenvalue weighted by molar-refractivity contribution is 0.433. The first kappa shape index (κ1) is 13.9. The first-order valence-corrected chi connectivity index (χ1v) is 5.87. The molecule has 0 bridgehead atoms. The summed E-state index contributed by atoms with van der Waals surface area (Å²) in [5.41, 5.74) is 0.658. The Morgan fingerprint density at radius 1 is 1.59 bits per heavy atom. The molecule has 1 aromatic heterocycles. The highest BCUT2D eigenvalue weighted by Crippen LogP contribution is 2.14. The molecule has 1 heterocycles. The maximum atomic E-state index is 12.9. The Bertz CT molecular complexity index is 393. The summed E-state index contributed by atoms with van der Waals surface area (Å²) in [6.07, 6.45) is 2.88. The van der Waals surface area contributed by atoms with Gasteiger partial charge in [0.25, 0.3) is 0 Å². The van der Waals surface area contributed by atoms with Crippen LogP contribution < -0.4 is 0 Å². The molecule has 0 saturated carbocycles. The van der Waals surface area contributed by atoms with Gasteiger partial charge in [-0.25, -0.2) is 4.39 Å². The number of aromatic nitrogens is 1. The van der Waals surface area contributed by atoms with Crippen molar-refractivity contribution in [2.45, 2.75) is 20.4 Å². The fraction of sp³-hybridized carbons (Fsp3) is 0.500. The van der Waals surface area contributed by atoms with Crippen molar-refractivity contribution in [2.75, 3.05) is 13.6 Å². The Morgan fingerprint density at radius 2 is 2.29 bits per heavy atom. The Hall–Kier alpha value is -1.16.